The van der Waals surface area contributed by atoms with Crippen molar-refractivity contribution in [1.82, 2.24) is 14.7 Å². The van der Waals surface area contributed by atoms with Crippen molar-refractivity contribution in [2.24, 2.45) is 12.9 Å². The predicted molar refractivity (Wildman–Crippen MR) is 74.3 cm³/mol. The van der Waals surface area contributed by atoms with Crippen LogP contribution in [0.4, 0.5) is 0 Å². The Hall–Kier alpha value is -1.38. The Labute approximate surface area is 118 Å². The van der Waals surface area contributed by atoms with Crippen LogP contribution in [0.2, 0.25) is 0 Å². The monoisotopic (exact) mass is 300 g/mol. The number of nitrogen functional groups attached to an aromatic ring is 1. The first-order valence-electron chi connectivity index (χ1n) is 6.63. The van der Waals surface area contributed by atoms with Crippen LogP contribution >= 0.6 is 0 Å². The maximum atomic E-state index is 12.3. The van der Waals surface area contributed by atoms with Gasteiger partial charge in [0.05, 0.1) is 0 Å². The summed E-state index contributed by atoms with van der Waals surface area (Å²) in [7, 11) is -1.99. The fourth-order valence-electron chi connectivity index (χ4n) is 2.49. The first-order valence-corrected chi connectivity index (χ1v) is 8.12. The summed E-state index contributed by atoms with van der Waals surface area (Å²) in [4.78, 5) is 11.6. The number of carbonyl (C=O) groups is 1. The van der Waals surface area contributed by atoms with E-state index in [1.807, 2.05) is 5.43 Å². The Bertz CT molecular complexity index is 588. The number of hydrogen-bond acceptors (Lipinski definition) is 4. The molecule has 0 spiro atoms. The number of aromatic nitrogens is 1. The summed E-state index contributed by atoms with van der Waals surface area (Å²) >= 11 is 0. The minimum Gasteiger partial charge on any atom is -0.345 e. The van der Waals surface area contributed by atoms with E-state index in [-0.39, 0.29) is 16.6 Å². The van der Waals surface area contributed by atoms with Crippen molar-refractivity contribution in [3.05, 3.63) is 18.0 Å². The molecule has 7 nitrogen and oxygen atoms in total. The van der Waals surface area contributed by atoms with E-state index in [1.165, 1.54) is 16.8 Å². The third-order valence-electron chi connectivity index (χ3n) is 3.58. The molecule has 2 rings (SSSR count). The Morgan fingerprint density at radius 2 is 2.00 bits per heavy atom. The molecule has 4 N–H and O–H groups in total. The topological polar surface area (TPSA) is 106 Å². The van der Waals surface area contributed by atoms with Gasteiger partial charge in [0.25, 0.3) is 5.91 Å². The van der Waals surface area contributed by atoms with Crippen LogP contribution in [-0.4, -0.2) is 24.9 Å². The van der Waals surface area contributed by atoms with E-state index in [1.54, 1.807) is 7.05 Å². The van der Waals surface area contributed by atoms with Crippen molar-refractivity contribution in [2.45, 2.75) is 43.0 Å². The average Bonchev–Trinajstić information content (AvgIpc) is 2.81. The molecular formula is C12H20N4O3S. The van der Waals surface area contributed by atoms with Crippen LogP contribution in [0.3, 0.4) is 0 Å². The number of nitrogens with one attached hydrogen (secondary N) is 2. The van der Waals surface area contributed by atoms with Gasteiger partial charge >= 0.3 is 0 Å². The van der Waals surface area contributed by atoms with Crippen LogP contribution in [-0.2, 0) is 17.1 Å². The number of hydrazine groups is 1. The number of hydrogen-bond donors (Lipinski definition) is 3. The highest BCUT2D eigenvalue weighted by atomic mass is 32.2. The number of nitrogens with zero attached hydrogens (tertiary/aromatic N) is 1. The first kappa shape index (κ1) is 15.0. The summed E-state index contributed by atoms with van der Waals surface area (Å²) in [5.74, 6) is 4.54. The lowest BCUT2D eigenvalue weighted by Gasteiger charge is -2.22. The molecule has 1 aromatic rings. The summed E-state index contributed by atoms with van der Waals surface area (Å²) in [6.45, 7) is 0. The van der Waals surface area contributed by atoms with E-state index in [2.05, 4.69) is 4.72 Å². The van der Waals surface area contributed by atoms with E-state index in [9.17, 15) is 13.2 Å². The van der Waals surface area contributed by atoms with E-state index < -0.39 is 15.9 Å². The molecular weight excluding hydrogens is 280 g/mol. The summed E-state index contributed by atoms with van der Waals surface area (Å²) in [6.07, 6.45) is 6.39. The van der Waals surface area contributed by atoms with Crippen LogP contribution < -0.4 is 16.0 Å². The lowest BCUT2D eigenvalue weighted by Crippen LogP contribution is -2.36. The highest BCUT2D eigenvalue weighted by Crippen LogP contribution is 2.20. The Kier molecular flexibility index (Phi) is 4.46. The van der Waals surface area contributed by atoms with Gasteiger partial charge in [-0.3, -0.25) is 10.2 Å². The van der Waals surface area contributed by atoms with E-state index in [4.69, 9.17) is 5.84 Å². The quantitative estimate of drug-likeness (QED) is 0.420. The summed E-state index contributed by atoms with van der Waals surface area (Å²) < 4.78 is 28.7. The third-order valence-corrected chi connectivity index (χ3v) is 5.07. The number of amides is 1. The Balaban J connectivity index is 2.19. The van der Waals surface area contributed by atoms with Crippen LogP contribution in [0.5, 0.6) is 0 Å². The van der Waals surface area contributed by atoms with Gasteiger partial charge in [0.2, 0.25) is 10.0 Å². The fraction of sp³-hybridized carbons (Fsp3) is 0.583. The molecule has 1 fully saturated rings. The number of carbonyl (C=O) groups excluding carboxylic acids is 1. The third kappa shape index (κ3) is 3.20. The second-order valence-electron chi connectivity index (χ2n) is 5.10. The lowest BCUT2D eigenvalue weighted by molar-refractivity contribution is 0.0945. The molecule has 1 aromatic heterocycles. The van der Waals surface area contributed by atoms with E-state index in [0.29, 0.717) is 0 Å². The Morgan fingerprint density at radius 3 is 2.60 bits per heavy atom. The SMILES string of the molecule is Cn1cc(S(=O)(=O)NC2CCCCC2)cc1C(=O)NN. The molecule has 0 aliphatic heterocycles. The minimum atomic E-state index is -3.59. The molecule has 0 bridgehead atoms. The van der Waals surface area contributed by atoms with Crippen molar-refractivity contribution in [2.75, 3.05) is 0 Å². The molecule has 8 heteroatoms. The highest BCUT2D eigenvalue weighted by Gasteiger charge is 2.24. The molecule has 0 atom stereocenters. The molecule has 112 valence electrons. The van der Waals surface area contributed by atoms with Crippen LogP contribution in [0.25, 0.3) is 0 Å². The molecule has 1 aliphatic carbocycles. The maximum Gasteiger partial charge on any atom is 0.281 e. The van der Waals surface area contributed by atoms with Gasteiger partial charge in [0, 0.05) is 19.3 Å². The zero-order chi connectivity index (χ0) is 14.8. The molecule has 0 aromatic carbocycles. The van der Waals surface area contributed by atoms with E-state index in [0.717, 1.165) is 32.1 Å². The van der Waals surface area contributed by atoms with Gasteiger partial charge in [0.1, 0.15) is 10.6 Å². The van der Waals surface area contributed by atoms with Crippen molar-refractivity contribution >= 4 is 15.9 Å². The second kappa shape index (κ2) is 5.94. The molecule has 1 saturated carbocycles. The van der Waals surface area contributed by atoms with Gasteiger partial charge in [-0.2, -0.15) is 0 Å². The number of nitrogens with two attached hydrogens (primary N) is 1. The summed E-state index contributed by atoms with van der Waals surface area (Å²) in [5, 5.41) is 0. The van der Waals surface area contributed by atoms with Gasteiger partial charge in [0.15, 0.2) is 0 Å². The van der Waals surface area contributed by atoms with Crippen LogP contribution in [0.15, 0.2) is 17.2 Å². The van der Waals surface area contributed by atoms with Crippen molar-refractivity contribution in [3.8, 4) is 0 Å². The zero-order valence-corrected chi connectivity index (χ0v) is 12.2. The smallest absolute Gasteiger partial charge is 0.281 e. The summed E-state index contributed by atoms with van der Waals surface area (Å²) in [5.41, 5.74) is 2.20. The standard InChI is InChI=1S/C12H20N4O3S/c1-16-8-10(7-11(16)12(17)14-13)20(18,19)15-9-5-3-2-4-6-9/h7-9,15H,2-6,13H2,1H3,(H,14,17). The summed E-state index contributed by atoms with van der Waals surface area (Å²) in [6, 6.07) is 1.31. The van der Waals surface area contributed by atoms with Crippen LogP contribution in [0.1, 0.15) is 42.6 Å². The zero-order valence-electron chi connectivity index (χ0n) is 11.4. The molecule has 0 radical (unpaired) electrons. The van der Waals surface area contributed by atoms with Gasteiger partial charge in [-0.25, -0.2) is 19.0 Å². The normalized spacial score (nSPS) is 17.1. The van der Waals surface area contributed by atoms with Crippen molar-refractivity contribution in [1.29, 1.82) is 0 Å². The number of sulfonamides is 1. The number of aryl methyl sites for hydroxylation is 1. The fourth-order valence-corrected chi connectivity index (χ4v) is 3.86. The van der Waals surface area contributed by atoms with Gasteiger partial charge in [-0.15, -0.1) is 0 Å². The number of rotatable bonds is 4. The maximum absolute atomic E-state index is 12.3. The van der Waals surface area contributed by atoms with Gasteiger partial charge in [-0.1, -0.05) is 19.3 Å². The minimum absolute atomic E-state index is 0.0132. The van der Waals surface area contributed by atoms with Gasteiger partial charge in [-0.05, 0) is 18.9 Å². The molecule has 0 saturated heterocycles. The second-order valence-corrected chi connectivity index (χ2v) is 6.82. The van der Waals surface area contributed by atoms with Crippen LogP contribution in [0, 0.1) is 0 Å². The highest BCUT2D eigenvalue weighted by molar-refractivity contribution is 7.89. The molecule has 20 heavy (non-hydrogen) atoms. The molecule has 1 heterocycles. The molecule has 1 amide bonds. The predicted octanol–water partition coefficient (Wildman–Crippen LogP) is 0.240. The van der Waals surface area contributed by atoms with Crippen molar-refractivity contribution < 1.29 is 13.2 Å². The van der Waals surface area contributed by atoms with Gasteiger partial charge < -0.3 is 4.57 Å². The van der Waals surface area contributed by atoms with Crippen molar-refractivity contribution in [3.63, 3.8) is 0 Å². The largest absolute Gasteiger partial charge is 0.345 e. The molecule has 1 aliphatic rings. The molecule has 0 unspecified atom stereocenters. The Morgan fingerprint density at radius 1 is 1.35 bits per heavy atom. The average molecular weight is 300 g/mol. The first-order chi connectivity index (χ1) is 9.44. The van der Waals surface area contributed by atoms with E-state index >= 15 is 0 Å². The lowest BCUT2D eigenvalue weighted by atomic mass is 9.96.